The molecule has 22 heavy (non-hydrogen) atoms. The fourth-order valence-electron chi connectivity index (χ4n) is 1.94. The fourth-order valence-corrected chi connectivity index (χ4v) is 1.94. The molecule has 1 aromatic carbocycles. The summed E-state index contributed by atoms with van der Waals surface area (Å²) in [6.45, 7) is 2.33. The topological polar surface area (TPSA) is 71.3 Å². The van der Waals surface area contributed by atoms with Gasteiger partial charge in [-0.25, -0.2) is 0 Å². The average molecular weight is 300 g/mol. The zero-order valence-corrected chi connectivity index (χ0v) is 12.6. The van der Waals surface area contributed by atoms with Crippen molar-refractivity contribution in [2.24, 2.45) is 0 Å². The van der Waals surface area contributed by atoms with Crippen LogP contribution < -0.4 is 10.6 Å². The van der Waals surface area contributed by atoms with Gasteiger partial charge in [0.2, 0.25) is 11.8 Å². The molecule has 0 spiro atoms. The Balaban J connectivity index is 1.62. The van der Waals surface area contributed by atoms with E-state index in [1.807, 2.05) is 31.2 Å². The molecule has 2 rings (SSSR count). The molecule has 0 atom stereocenters. The van der Waals surface area contributed by atoms with Crippen LogP contribution in [-0.2, 0) is 22.6 Å². The van der Waals surface area contributed by atoms with Crippen molar-refractivity contribution in [3.05, 3.63) is 59.5 Å². The van der Waals surface area contributed by atoms with Crippen LogP contribution in [0, 0.1) is 6.92 Å². The summed E-state index contributed by atoms with van der Waals surface area (Å²) in [5.41, 5.74) is 2.31. The smallest absolute Gasteiger partial charge is 0.239 e. The van der Waals surface area contributed by atoms with Crippen molar-refractivity contribution < 1.29 is 14.0 Å². The molecule has 0 unspecified atom stereocenters. The van der Waals surface area contributed by atoms with Gasteiger partial charge in [0.1, 0.15) is 5.76 Å². The van der Waals surface area contributed by atoms with Gasteiger partial charge in [-0.15, -0.1) is 0 Å². The maximum atomic E-state index is 11.7. The highest BCUT2D eigenvalue weighted by molar-refractivity contribution is 5.84. The highest BCUT2D eigenvalue weighted by atomic mass is 16.3. The van der Waals surface area contributed by atoms with E-state index in [1.165, 1.54) is 5.56 Å². The molecule has 0 aliphatic carbocycles. The SMILES string of the molecule is Cc1ccc(CCC(=O)NCC(=O)NCc2ccco2)cc1. The van der Waals surface area contributed by atoms with E-state index in [1.54, 1.807) is 18.4 Å². The Bertz CT molecular complexity index is 603. The summed E-state index contributed by atoms with van der Waals surface area (Å²) in [5, 5.41) is 5.29. The molecule has 5 heteroatoms. The van der Waals surface area contributed by atoms with Gasteiger partial charge in [-0.05, 0) is 31.0 Å². The number of rotatable bonds is 7. The third kappa shape index (κ3) is 5.44. The number of aryl methyl sites for hydroxylation is 2. The molecule has 2 N–H and O–H groups in total. The second kappa shape index (κ2) is 8.02. The molecule has 0 saturated heterocycles. The molecule has 1 heterocycles. The first-order valence-electron chi connectivity index (χ1n) is 7.25. The summed E-state index contributed by atoms with van der Waals surface area (Å²) in [6.07, 6.45) is 2.59. The Morgan fingerprint density at radius 1 is 1.05 bits per heavy atom. The lowest BCUT2D eigenvalue weighted by molar-refractivity contribution is -0.126. The highest BCUT2D eigenvalue weighted by Gasteiger charge is 2.06. The number of benzene rings is 1. The first kappa shape index (κ1) is 15.8. The highest BCUT2D eigenvalue weighted by Crippen LogP contribution is 2.05. The Morgan fingerprint density at radius 3 is 2.50 bits per heavy atom. The van der Waals surface area contributed by atoms with Crippen LogP contribution in [0.2, 0.25) is 0 Å². The van der Waals surface area contributed by atoms with Gasteiger partial charge in [0, 0.05) is 6.42 Å². The molecule has 0 bridgehead atoms. The van der Waals surface area contributed by atoms with Crippen molar-refractivity contribution in [2.75, 3.05) is 6.54 Å². The monoisotopic (exact) mass is 300 g/mol. The quantitative estimate of drug-likeness (QED) is 0.821. The lowest BCUT2D eigenvalue weighted by Crippen LogP contribution is -2.36. The standard InChI is InChI=1S/C17H20N2O3/c1-13-4-6-14(7-5-13)8-9-16(20)19-12-17(21)18-11-15-3-2-10-22-15/h2-7,10H,8-9,11-12H2,1H3,(H,18,21)(H,19,20). The molecule has 0 aliphatic heterocycles. The maximum absolute atomic E-state index is 11.7. The van der Waals surface area contributed by atoms with Crippen molar-refractivity contribution in [1.29, 1.82) is 0 Å². The molecule has 2 aromatic rings. The zero-order chi connectivity index (χ0) is 15.8. The Kier molecular flexibility index (Phi) is 5.77. The van der Waals surface area contributed by atoms with E-state index in [-0.39, 0.29) is 18.4 Å². The van der Waals surface area contributed by atoms with Crippen LogP contribution in [0.25, 0.3) is 0 Å². The molecule has 116 valence electrons. The minimum absolute atomic E-state index is 0.0204. The molecule has 0 radical (unpaired) electrons. The van der Waals surface area contributed by atoms with Gasteiger partial charge < -0.3 is 15.1 Å². The lowest BCUT2D eigenvalue weighted by atomic mass is 10.1. The van der Waals surface area contributed by atoms with Crippen LogP contribution in [0.1, 0.15) is 23.3 Å². The Hall–Kier alpha value is -2.56. The molecular formula is C17H20N2O3. The number of hydrogen-bond acceptors (Lipinski definition) is 3. The van der Waals surface area contributed by atoms with Crippen LogP contribution >= 0.6 is 0 Å². The summed E-state index contributed by atoms with van der Waals surface area (Å²) >= 11 is 0. The van der Waals surface area contributed by atoms with Gasteiger partial charge in [-0.3, -0.25) is 9.59 Å². The first-order valence-corrected chi connectivity index (χ1v) is 7.25. The van der Waals surface area contributed by atoms with Crippen molar-refractivity contribution in [2.45, 2.75) is 26.3 Å². The van der Waals surface area contributed by atoms with Gasteiger partial charge in [0.15, 0.2) is 0 Å². The third-order valence-corrected chi connectivity index (χ3v) is 3.25. The van der Waals surface area contributed by atoms with Gasteiger partial charge in [-0.2, -0.15) is 0 Å². The van der Waals surface area contributed by atoms with Gasteiger partial charge in [-0.1, -0.05) is 29.8 Å². The largest absolute Gasteiger partial charge is 0.467 e. The van der Waals surface area contributed by atoms with Gasteiger partial charge >= 0.3 is 0 Å². The normalized spacial score (nSPS) is 10.2. The summed E-state index contributed by atoms with van der Waals surface area (Å²) < 4.78 is 5.10. The second-order valence-electron chi connectivity index (χ2n) is 5.12. The number of hydrogen-bond donors (Lipinski definition) is 2. The maximum Gasteiger partial charge on any atom is 0.239 e. The van der Waals surface area contributed by atoms with Crippen molar-refractivity contribution in [3.63, 3.8) is 0 Å². The van der Waals surface area contributed by atoms with E-state index in [0.717, 1.165) is 5.56 Å². The lowest BCUT2D eigenvalue weighted by Gasteiger charge is -2.06. The van der Waals surface area contributed by atoms with Crippen LogP contribution in [0.4, 0.5) is 0 Å². The Labute approximate surface area is 129 Å². The van der Waals surface area contributed by atoms with E-state index in [4.69, 9.17) is 4.42 Å². The number of carbonyl (C=O) groups is 2. The molecule has 0 aliphatic rings. The van der Waals surface area contributed by atoms with E-state index in [9.17, 15) is 9.59 Å². The third-order valence-electron chi connectivity index (χ3n) is 3.25. The average Bonchev–Trinajstić information content (AvgIpc) is 3.04. The van der Waals surface area contributed by atoms with Crippen LogP contribution in [0.3, 0.4) is 0 Å². The molecule has 0 saturated carbocycles. The summed E-state index contributed by atoms with van der Waals surface area (Å²) in [6, 6.07) is 11.6. The molecule has 0 fully saturated rings. The van der Waals surface area contributed by atoms with Gasteiger partial charge in [0.25, 0.3) is 0 Å². The zero-order valence-electron chi connectivity index (χ0n) is 12.6. The van der Waals surface area contributed by atoms with Crippen LogP contribution in [0.5, 0.6) is 0 Å². The molecule has 1 aromatic heterocycles. The number of nitrogens with one attached hydrogen (secondary N) is 2. The molecular weight excluding hydrogens is 280 g/mol. The van der Waals surface area contributed by atoms with Crippen molar-refractivity contribution in [1.82, 2.24) is 10.6 Å². The van der Waals surface area contributed by atoms with Gasteiger partial charge in [0.05, 0.1) is 19.4 Å². The minimum atomic E-state index is -0.236. The van der Waals surface area contributed by atoms with Crippen molar-refractivity contribution in [3.8, 4) is 0 Å². The molecule has 5 nitrogen and oxygen atoms in total. The van der Waals surface area contributed by atoms with Crippen LogP contribution in [-0.4, -0.2) is 18.4 Å². The second-order valence-corrected chi connectivity index (χ2v) is 5.12. The summed E-state index contributed by atoms with van der Waals surface area (Å²) in [7, 11) is 0. The fraction of sp³-hybridized carbons (Fsp3) is 0.294. The molecule has 2 amide bonds. The predicted octanol–water partition coefficient (Wildman–Crippen LogP) is 1.95. The first-order chi connectivity index (χ1) is 10.6. The number of carbonyl (C=O) groups excluding carboxylic acids is 2. The van der Waals surface area contributed by atoms with E-state index in [2.05, 4.69) is 10.6 Å². The summed E-state index contributed by atoms with van der Waals surface area (Å²) in [4.78, 5) is 23.3. The van der Waals surface area contributed by atoms with Crippen molar-refractivity contribution >= 4 is 11.8 Å². The van der Waals surface area contributed by atoms with E-state index in [0.29, 0.717) is 25.1 Å². The number of amides is 2. The van der Waals surface area contributed by atoms with Crippen LogP contribution in [0.15, 0.2) is 47.1 Å². The minimum Gasteiger partial charge on any atom is -0.467 e. The number of furan rings is 1. The predicted molar refractivity (Wildman–Crippen MR) is 83.1 cm³/mol. The summed E-state index contributed by atoms with van der Waals surface area (Å²) in [5.74, 6) is 0.313. The van der Waals surface area contributed by atoms with E-state index >= 15 is 0 Å². The Morgan fingerprint density at radius 2 is 1.82 bits per heavy atom. The van der Waals surface area contributed by atoms with E-state index < -0.39 is 0 Å².